The first-order valence-electron chi connectivity index (χ1n) is 6.74. The Hall–Kier alpha value is -0.580. The zero-order chi connectivity index (χ0) is 12.9. The van der Waals surface area contributed by atoms with E-state index in [0.717, 1.165) is 34.7 Å². The Morgan fingerprint density at radius 2 is 2.11 bits per heavy atom. The summed E-state index contributed by atoms with van der Waals surface area (Å²) in [6, 6.07) is 0.324. The van der Waals surface area contributed by atoms with Crippen LogP contribution in [0.15, 0.2) is 0 Å². The topological polar surface area (TPSA) is 55.9 Å². The van der Waals surface area contributed by atoms with Crippen molar-refractivity contribution in [3.8, 4) is 0 Å². The van der Waals surface area contributed by atoms with Crippen molar-refractivity contribution in [2.24, 2.45) is 30.6 Å². The smallest absolute Gasteiger partial charge is 0.0847 e. The minimum Gasteiger partial charge on any atom is -0.271 e. The van der Waals surface area contributed by atoms with Gasteiger partial charge in [-0.3, -0.25) is 16.0 Å². The molecular weight excluding hydrogens is 248 g/mol. The van der Waals surface area contributed by atoms with Gasteiger partial charge in [0, 0.05) is 19.5 Å². The Bertz CT molecular complexity index is 446. The van der Waals surface area contributed by atoms with Gasteiger partial charge < -0.3 is 0 Å². The number of rotatable bonds is 4. The van der Waals surface area contributed by atoms with Crippen LogP contribution >= 0.6 is 11.6 Å². The Kier molecular flexibility index (Phi) is 3.12. The molecule has 1 heterocycles. The fraction of sp³-hybridized carbons (Fsp3) is 0.769. The van der Waals surface area contributed by atoms with Crippen LogP contribution in [0.2, 0.25) is 5.02 Å². The average Bonchev–Trinajstić information content (AvgIpc) is 2.88. The number of nitrogens with zero attached hydrogens (tertiary/aromatic N) is 2. The predicted molar refractivity (Wildman–Crippen MR) is 72.1 cm³/mol. The summed E-state index contributed by atoms with van der Waals surface area (Å²) in [5.74, 6) is 8.41. The maximum Gasteiger partial charge on any atom is 0.0847 e. The second-order valence-electron chi connectivity index (χ2n) is 5.93. The third-order valence-corrected chi connectivity index (χ3v) is 5.23. The van der Waals surface area contributed by atoms with Crippen molar-refractivity contribution < 1.29 is 0 Å². The molecule has 18 heavy (non-hydrogen) atoms. The number of aromatic nitrogens is 2. The first-order valence-corrected chi connectivity index (χ1v) is 7.12. The summed E-state index contributed by atoms with van der Waals surface area (Å²) in [6.07, 6.45) is 4.97. The van der Waals surface area contributed by atoms with E-state index in [2.05, 4.69) is 10.5 Å². The van der Waals surface area contributed by atoms with Crippen LogP contribution in [0.3, 0.4) is 0 Å². The van der Waals surface area contributed by atoms with E-state index in [-0.39, 0.29) is 0 Å². The van der Waals surface area contributed by atoms with E-state index in [1.165, 1.54) is 19.3 Å². The molecule has 2 aliphatic rings. The SMILES string of the molecule is Cc1nn(C)c(CC(NN)C2CC3CC3C2)c1Cl. The average molecular weight is 269 g/mol. The molecule has 0 aromatic carbocycles. The monoisotopic (exact) mass is 268 g/mol. The molecule has 2 fully saturated rings. The highest BCUT2D eigenvalue weighted by Gasteiger charge is 2.47. The van der Waals surface area contributed by atoms with Gasteiger partial charge in [-0.25, -0.2) is 0 Å². The summed E-state index contributed by atoms with van der Waals surface area (Å²) in [6.45, 7) is 1.95. The van der Waals surface area contributed by atoms with Crippen molar-refractivity contribution in [1.29, 1.82) is 0 Å². The largest absolute Gasteiger partial charge is 0.271 e. The fourth-order valence-electron chi connectivity index (χ4n) is 3.56. The van der Waals surface area contributed by atoms with Gasteiger partial charge in [0.15, 0.2) is 0 Å². The quantitative estimate of drug-likeness (QED) is 0.647. The van der Waals surface area contributed by atoms with Crippen molar-refractivity contribution in [2.75, 3.05) is 0 Å². The van der Waals surface area contributed by atoms with Gasteiger partial charge in [0.05, 0.1) is 16.4 Å². The van der Waals surface area contributed by atoms with E-state index in [4.69, 9.17) is 17.4 Å². The van der Waals surface area contributed by atoms with Crippen molar-refractivity contribution >= 4 is 11.6 Å². The third kappa shape index (κ3) is 2.06. The molecule has 3 unspecified atom stereocenters. The molecule has 0 saturated heterocycles. The number of nitrogens with two attached hydrogens (primary N) is 1. The zero-order valence-corrected chi connectivity index (χ0v) is 11.7. The number of hydrogen-bond acceptors (Lipinski definition) is 3. The molecular formula is C13H21ClN4. The second kappa shape index (κ2) is 4.51. The molecule has 100 valence electrons. The normalized spacial score (nSPS) is 31.4. The van der Waals surface area contributed by atoms with E-state index in [1.54, 1.807) is 0 Å². The molecule has 2 saturated carbocycles. The lowest BCUT2D eigenvalue weighted by Gasteiger charge is -2.24. The minimum atomic E-state index is 0.324. The van der Waals surface area contributed by atoms with E-state index >= 15 is 0 Å². The van der Waals surface area contributed by atoms with E-state index in [0.29, 0.717) is 12.0 Å². The summed E-state index contributed by atoms with van der Waals surface area (Å²) in [4.78, 5) is 0. The number of hydrogen-bond donors (Lipinski definition) is 2. The molecule has 3 N–H and O–H groups in total. The maximum atomic E-state index is 6.31. The Morgan fingerprint density at radius 1 is 1.44 bits per heavy atom. The van der Waals surface area contributed by atoms with Crippen LogP contribution in [0.4, 0.5) is 0 Å². The van der Waals surface area contributed by atoms with Gasteiger partial charge in [-0.05, 0) is 43.9 Å². The van der Waals surface area contributed by atoms with E-state index in [1.807, 2.05) is 18.7 Å². The first kappa shape index (κ1) is 12.5. The number of fused-ring (bicyclic) bond motifs is 1. The fourth-order valence-corrected chi connectivity index (χ4v) is 3.80. The highest BCUT2D eigenvalue weighted by molar-refractivity contribution is 6.31. The Balaban J connectivity index is 1.73. The predicted octanol–water partition coefficient (Wildman–Crippen LogP) is 1.80. The molecule has 0 amide bonds. The Labute approximate surface area is 113 Å². The lowest BCUT2D eigenvalue weighted by atomic mass is 9.91. The van der Waals surface area contributed by atoms with Crippen LogP contribution in [0.1, 0.15) is 30.7 Å². The maximum absolute atomic E-state index is 6.31. The lowest BCUT2D eigenvalue weighted by molar-refractivity contribution is 0.331. The van der Waals surface area contributed by atoms with Crippen LogP contribution in [0.25, 0.3) is 0 Å². The number of hydrazine groups is 1. The third-order valence-electron chi connectivity index (χ3n) is 4.74. The number of aryl methyl sites for hydroxylation is 2. The summed E-state index contributed by atoms with van der Waals surface area (Å²) in [5.41, 5.74) is 4.99. The van der Waals surface area contributed by atoms with Gasteiger partial charge in [-0.2, -0.15) is 5.10 Å². The molecule has 3 atom stereocenters. The van der Waals surface area contributed by atoms with Crippen molar-refractivity contribution in [3.63, 3.8) is 0 Å². The van der Waals surface area contributed by atoms with Gasteiger partial charge in [-0.15, -0.1) is 0 Å². The van der Waals surface area contributed by atoms with Crippen molar-refractivity contribution in [2.45, 2.75) is 38.6 Å². The highest BCUT2D eigenvalue weighted by atomic mass is 35.5. The molecule has 0 spiro atoms. The zero-order valence-electron chi connectivity index (χ0n) is 11.0. The van der Waals surface area contributed by atoms with Crippen LogP contribution in [0.5, 0.6) is 0 Å². The number of nitrogens with one attached hydrogen (secondary N) is 1. The summed E-state index contributed by atoms with van der Waals surface area (Å²) >= 11 is 6.31. The van der Waals surface area contributed by atoms with E-state index in [9.17, 15) is 0 Å². The van der Waals surface area contributed by atoms with Gasteiger partial charge in [0.25, 0.3) is 0 Å². The van der Waals surface area contributed by atoms with Crippen LogP contribution in [-0.4, -0.2) is 15.8 Å². The molecule has 3 rings (SSSR count). The van der Waals surface area contributed by atoms with Crippen LogP contribution in [-0.2, 0) is 13.5 Å². The van der Waals surface area contributed by atoms with Crippen LogP contribution < -0.4 is 11.3 Å². The summed E-state index contributed by atoms with van der Waals surface area (Å²) < 4.78 is 1.89. The molecule has 0 bridgehead atoms. The molecule has 1 aromatic rings. The first-order chi connectivity index (χ1) is 8.60. The van der Waals surface area contributed by atoms with Crippen molar-refractivity contribution in [3.05, 3.63) is 16.4 Å². The molecule has 1 aromatic heterocycles. The van der Waals surface area contributed by atoms with Gasteiger partial charge in [0.2, 0.25) is 0 Å². The van der Waals surface area contributed by atoms with Gasteiger partial charge >= 0.3 is 0 Å². The lowest BCUT2D eigenvalue weighted by Crippen LogP contribution is -2.42. The van der Waals surface area contributed by atoms with Gasteiger partial charge in [0.1, 0.15) is 0 Å². The highest BCUT2D eigenvalue weighted by Crippen LogP contribution is 2.55. The molecule has 0 radical (unpaired) electrons. The minimum absolute atomic E-state index is 0.324. The van der Waals surface area contributed by atoms with Crippen molar-refractivity contribution in [1.82, 2.24) is 15.2 Å². The summed E-state index contributed by atoms with van der Waals surface area (Å²) in [5, 5.41) is 5.16. The second-order valence-corrected chi connectivity index (χ2v) is 6.31. The number of halogens is 1. The summed E-state index contributed by atoms with van der Waals surface area (Å²) in [7, 11) is 1.95. The molecule has 4 nitrogen and oxygen atoms in total. The molecule has 0 aliphatic heterocycles. The van der Waals surface area contributed by atoms with Crippen LogP contribution in [0, 0.1) is 24.7 Å². The molecule has 5 heteroatoms. The van der Waals surface area contributed by atoms with E-state index < -0.39 is 0 Å². The standard InChI is InChI=1S/C13H21ClN4/c1-7-13(14)12(18(2)17-7)6-11(16-15)10-4-8-3-9(8)5-10/h8-11,16H,3-6,15H2,1-2H3. The molecule has 2 aliphatic carbocycles. The van der Waals surface area contributed by atoms with Gasteiger partial charge in [-0.1, -0.05) is 11.6 Å². The Morgan fingerprint density at radius 3 is 2.61 bits per heavy atom.